The Kier molecular flexibility index (Phi) is 2.08. The number of aliphatic carboxylic acids is 1. The molecule has 90 valence electrons. The molecule has 1 aliphatic carbocycles. The third-order valence-electron chi connectivity index (χ3n) is 3.79. The van der Waals surface area contributed by atoms with Crippen molar-refractivity contribution in [3.8, 4) is 11.5 Å². The standard InChI is InChI=1S/C13H14O4/c1-13(12(14)15,8-5-6-8)9-3-2-4-10-11(9)17-7-16-10/h2-4,8H,5-7H2,1H3,(H,14,15). The average Bonchev–Trinajstić information content (AvgIpc) is 3.05. The fourth-order valence-electron chi connectivity index (χ4n) is 2.51. The van der Waals surface area contributed by atoms with Crippen molar-refractivity contribution < 1.29 is 19.4 Å². The molecule has 0 aromatic heterocycles. The predicted octanol–water partition coefficient (Wildman–Crippen LogP) is 2.17. The highest BCUT2D eigenvalue weighted by Gasteiger charge is 2.50. The number of fused-ring (bicyclic) bond motifs is 1. The molecule has 0 spiro atoms. The Labute approximate surface area is 99.2 Å². The summed E-state index contributed by atoms with van der Waals surface area (Å²) in [5.41, 5.74) is -0.124. The van der Waals surface area contributed by atoms with E-state index in [1.165, 1.54) is 0 Å². The molecule has 0 amide bonds. The Morgan fingerprint density at radius 3 is 2.82 bits per heavy atom. The molecule has 2 aliphatic rings. The molecule has 0 bridgehead atoms. The van der Waals surface area contributed by atoms with Gasteiger partial charge in [0.05, 0.1) is 5.41 Å². The Morgan fingerprint density at radius 2 is 2.18 bits per heavy atom. The van der Waals surface area contributed by atoms with Gasteiger partial charge in [-0.2, -0.15) is 0 Å². The van der Waals surface area contributed by atoms with Gasteiger partial charge in [0, 0.05) is 5.56 Å². The van der Waals surface area contributed by atoms with Crippen LogP contribution in [0.15, 0.2) is 18.2 Å². The summed E-state index contributed by atoms with van der Waals surface area (Å²) >= 11 is 0. The van der Waals surface area contributed by atoms with Gasteiger partial charge in [0.15, 0.2) is 11.5 Å². The van der Waals surface area contributed by atoms with E-state index in [-0.39, 0.29) is 12.7 Å². The van der Waals surface area contributed by atoms with Gasteiger partial charge in [0.25, 0.3) is 0 Å². The molecule has 17 heavy (non-hydrogen) atoms. The topological polar surface area (TPSA) is 55.8 Å². The van der Waals surface area contributed by atoms with Gasteiger partial charge in [-0.1, -0.05) is 12.1 Å². The zero-order valence-corrected chi connectivity index (χ0v) is 9.60. The van der Waals surface area contributed by atoms with Crippen molar-refractivity contribution in [2.24, 2.45) is 5.92 Å². The number of hydrogen-bond donors (Lipinski definition) is 1. The average molecular weight is 234 g/mol. The molecule has 4 heteroatoms. The fraction of sp³-hybridized carbons (Fsp3) is 0.462. The summed E-state index contributed by atoms with van der Waals surface area (Å²) in [6.07, 6.45) is 1.93. The Bertz CT molecular complexity index is 478. The molecule has 0 radical (unpaired) electrons. The van der Waals surface area contributed by atoms with Crippen LogP contribution in [0.2, 0.25) is 0 Å². The van der Waals surface area contributed by atoms with Gasteiger partial charge in [0.2, 0.25) is 6.79 Å². The second kappa shape index (κ2) is 3.39. The van der Waals surface area contributed by atoms with Crippen LogP contribution in [-0.2, 0) is 10.2 Å². The first-order chi connectivity index (χ1) is 8.14. The van der Waals surface area contributed by atoms with E-state index in [0.717, 1.165) is 18.4 Å². The van der Waals surface area contributed by atoms with Gasteiger partial charge in [-0.25, -0.2) is 0 Å². The van der Waals surface area contributed by atoms with E-state index in [0.29, 0.717) is 11.5 Å². The number of benzene rings is 1. The van der Waals surface area contributed by atoms with E-state index in [1.54, 1.807) is 13.0 Å². The van der Waals surface area contributed by atoms with E-state index in [9.17, 15) is 9.90 Å². The highest BCUT2D eigenvalue weighted by Crippen LogP contribution is 2.52. The number of carboxylic acid groups (broad SMARTS) is 1. The largest absolute Gasteiger partial charge is 0.481 e. The fourth-order valence-corrected chi connectivity index (χ4v) is 2.51. The highest BCUT2D eigenvalue weighted by atomic mass is 16.7. The van der Waals surface area contributed by atoms with Crippen molar-refractivity contribution in [1.29, 1.82) is 0 Å². The second-order valence-corrected chi connectivity index (χ2v) is 4.82. The zero-order chi connectivity index (χ0) is 12.0. The van der Waals surface area contributed by atoms with E-state index in [2.05, 4.69) is 0 Å². The summed E-state index contributed by atoms with van der Waals surface area (Å²) in [4.78, 5) is 11.6. The van der Waals surface area contributed by atoms with Crippen LogP contribution in [0, 0.1) is 5.92 Å². The van der Waals surface area contributed by atoms with E-state index in [4.69, 9.17) is 9.47 Å². The molecular weight excluding hydrogens is 220 g/mol. The summed E-state index contributed by atoms with van der Waals surface area (Å²) in [5, 5.41) is 9.53. The molecule has 4 nitrogen and oxygen atoms in total. The molecule has 1 atom stereocenters. The van der Waals surface area contributed by atoms with Gasteiger partial charge < -0.3 is 14.6 Å². The molecule has 1 N–H and O–H groups in total. The van der Waals surface area contributed by atoms with Gasteiger partial charge in [-0.05, 0) is 31.7 Å². The number of rotatable bonds is 3. The van der Waals surface area contributed by atoms with Crippen molar-refractivity contribution in [1.82, 2.24) is 0 Å². The van der Waals surface area contributed by atoms with Crippen LogP contribution >= 0.6 is 0 Å². The molecule has 1 heterocycles. The van der Waals surface area contributed by atoms with Gasteiger partial charge in [-0.3, -0.25) is 4.79 Å². The van der Waals surface area contributed by atoms with Gasteiger partial charge >= 0.3 is 5.97 Å². The summed E-state index contributed by atoms with van der Waals surface area (Å²) in [6.45, 7) is 1.96. The van der Waals surface area contributed by atoms with Crippen LogP contribution in [0.1, 0.15) is 25.3 Å². The van der Waals surface area contributed by atoms with Crippen molar-refractivity contribution >= 4 is 5.97 Å². The summed E-state index contributed by atoms with van der Waals surface area (Å²) in [5.74, 6) is 0.666. The molecular formula is C13H14O4. The Balaban J connectivity index is 2.14. The highest BCUT2D eigenvalue weighted by molar-refractivity contribution is 5.83. The van der Waals surface area contributed by atoms with Crippen LogP contribution in [-0.4, -0.2) is 17.9 Å². The Hall–Kier alpha value is -1.71. The van der Waals surface area contributed by atoms with Gasteiger partial charge in [0.1, 0.15) is 0 Å². The first kappa shape index (κ1) is 10.4. The van der Waals surface area contributed by atoms with E-state index < -0.39 is 11.4 Å². The molecule has 1 aliphatic heterocycles. The molecule has 1 aromatic carbocycles. The molecule has 1 unspecified atom stereocenters. The molecule has 3 rings (SSSR count). The number of carboxylic acids is 1. The number of para-hydroxylation sites is 1. The monoisotopic (exact) mass is 234 g/mol. The quantitative estimate of drug-likeness (QED) is 0.870. The minimum atomic E-state index is -0.862. The maximum absolute atomic E-state index is 11.6. The molecule has 1 fully saturated rings. The third kappa shape index (κ3) is 1.40. The van der Waals surface area contributed by atoms with Crippen LogP contribution in [0.25, 0.3) is 0 Å². The minimum absolute atomic E-state index is 0.173. The maximum Gasteiger partial charge on any atom is 0.314 e. The lowest BCUT2D eigenvalue weighted by Gasteiger charge is -2.26. The van der Waals surface area contributed by atoms with Crippen molar-refractivity contribution in [2.45, 2.75) is 25.2 Å². The van der Waals surface area contributed by atoms with Crippen LogP contribution < -0.4 is 9.47 Å². The van der Waals surface area contributed by atoms with Crippen molar-refractivity contribution in [3.63, 3.8) is 0 Å². The lowest BCUT2D eigenvalue weighted by Crippen LogP contribution is -2.35. The number of hydrogen-bond acceptors (Lipinski definition) is 3. The summed E-state index contributed by atoms with van der Waals surface area (Å²) in [7, 11) is 0. The summed E-state index contributed by atoms with van der Waals surface area (Å²) < 4.78 is 10.7. The third-order valence-corrected chi connectivity index (χ3v) is 3.79. The first-order valence-corrected chi connectivity index (χ1v) is 5.76. The maximum atomic E-state index is 11.6. The van der Waals surface area contributed by atoms with E-state index in [1.807, 2.05) is 12.1 Å². The molecule has 1 aromatic rings. The molecule has 0 saturated heterocycles. The van der Waals surface area contributed by atoms with Crippen LogP contribution in [0.4, 0.5) is 0 Å². The lowest BCUT2D eigenvalue weighted by atomic mass is 9.77. The Morgan fingerprint density at radius 1 is 1.41 bits per heavy atom. The second-order valence-electron chi connectivity index (χ2n) is 4.82. The van der Waals surface area contributed by atoms with E-state index >= 15 is 0 Å². The normalized spacial score (nSPS) is 21.0. The minimum Gasteiger partial charge on any atom is -0.481 e. The van der Waals surface area contributed by atoms with Crippen LogP contribution in [0.5, 0.6) is 11.5 Å². The lowest BCUT2D eigenvalue weighted by molar-refractivity contribution is -0.144. The van der Waals surface area contributed by atoms with Crippen LogP contribution in [0.3, 0.4) is 0 Å². The number of ether oxygens (including phenoxy) is 2. The SMILES string of the molecule is CC(C(=O)O)(c1cccc2c1OCO2)C1CC1. The first-order valence-electron chi connectivity index (χ1n) is 5.76. The zero-order valence-electron chi connectivity index (χ0n) is 9.60. The smallest absolute Gasteiger partial charge is 0.314 e. The summed E-state index contributed by atoms with van der Waals surface area (Å²) in [6, 6.07) is 5.47. The molecule has 1 saturated carbocycles. The van der Waals surface area contributed by atoms with Gasteiger partial charge in [-0.15, -0.1) is 0 Å². The van der Waals surface area contributed by atoms with Crippen molar-refractivity contribution in [2.75, 3.05) is 6.79 Å². The van der Waals surface area contributed by atoms with Crippen molar-refractivity contribution in [3.05, 3.63) is 23.8 Å². The number of carbonyl (C=O) groups is 1. The predicted molar refractivity (Wildman–Crippen MR) is 60.3 cm³/mol.